The molecule has 4 rings (SSSR count). The van der Waals surface area contributed by atoms with Gasteiger partial charge in [-0.15, -0.1) is 0 Å². The van der Waals surface area contributed by atoms with E-state index in [4.69, 9.17) is 9.47 Å². The number of amides is 1. The van der Waals surface area contributed by atoms with Crippen LogP contribution in [-0.4, -0.2) is 35.4 Å². The zero-order valence-corrected chi connectivity index (χ0v) is 22.0. The lowest BCUT2D eigenvalue weighted by Crippen LogP contribution is -2.39. The topological polar surface area (TPSA) is 140 Å². The molecule has 1 amide bonds. The number of nitrogens with zero attached hydrogens (tertiary/aromatic N) is 1. The third kappa shape index (κ3) is 5.06. The van der Waals surface area contributed by atoms with Gasteiger partial charge in [-0.1, -0.05) is 13.8 Å². The number of phenolic OH excluding ortho intramolecular Hbond substituents is 1. The van der Waals surface area contributed by atoms with E-state index in [0.717, 1.165) is 0 Å². The summed E-state index contributed by atoms with van der Waals surface area (Å²) in [4.78, 5) is 38.4. The quantitative estimate of drug-likeness (QED) is 0.343. The van der Waals surface area contributed by atoms with Crippen molar-refractivity contribution in [2.24, 2.45) is 5.41 Å². The average Bonchev–Trinajstić information content (AvgIpc) is 2.84. The Morgan fingerprint density at radius 3 is 2.53 bits per heavy atom. The van der Waals surface area contributed by atoms with Crippen LogP contribution in [-0.2, 0) is 9.59 Å². The van der Waals surface area contributed by atoms with Crippen LogP contribution in [0.1, 0.15) is 52.0 Å². The van der Waals surface area contributed by atoms with Crippen molar-refractivity contribution in [1.82, 2.24) is 5.32 Å². The number of hydrogen-bond acceptors (Lipinski definition) is 8. The van der Waals surface area contributed by atoms with E-state index < -0.39 is 28.2 Å². The second-order valence-corrected chi connectivity index (χ2v) is 10.2. The minimum absolute atomic E-state index is 0.0893. The number of phenols is 1. The number of ether oxygens (including phenoxy) is 2. The van der Waals surface area contributed by atoms with Gasteiger partial charge in [0, 0.05) is 46.6 Å². The van der Waals surface area contributed by atoms with Gasteiger partial charge < -0.3 is 25.2 Å². The first-order valence-electron chi connectivity index (χ1n) is 12.3. The molecule has 2 aliphatic rings. The van der Waals surface area contributed by atoms with Gasteiger partial charge in [0.25, 0.3) is 5.91 Å². The van der Waals surface area contributed by atoms with Gasteiger partial charge in [0.2, 0.25) is 5.75 Å². The van der Waals surface area contributed by atoms with E-state index in [0.29, 0.717) is 40.4 Å². The summed E-state index contributed by atoms with van der Waals surface area (Å²) >= 11 is 0. The third-order valence-corrected chi connectivity index (χ3v) is 6.74. The van der Waals surface area contributed by atoms with Gasteiger partial charge in [0.1, 0.15) is 5.75 Å². The molecule has 0 saturated carbocycles. The minimum Gasteiger partial charge on any atom is -0.500 e. The Bertz CT molecular complexity index is 1370. The monoisotopic (exact) mass is 521 g/mol. The van der Waals surface area contributed by atoms with E-state index in [-0.39, 0.29) is 35.5 Å². The van der Waals surface area contributed by atoms with Gasteiger partial charge in [0.05, 0.1) is 18.6 Å². The van der Waals surface area contributed by atoms with Crippen LogP contribution in [0.15, 0.2) is 58.9 Å². The second kappa shape index (κ2) is 10.2. The van der Waals surface area contributed by atoms with Gasteiger partial charge in [-0.3, -0.25) is 19.7 Å². The normalized spacial score (nSPS) is 18.4. The zero-order chi connectivity index (χ0) is 27.8. The van der Waals surface area contributed by atoms with Gasteiger partial charge in [0.15, 0.2) is 11.5 Å². The van der Waals surface area contributed by atoms with E-state index in [9.17, 15) is 24.8 Å². The molecule has 0 spiro atoms. The highest BCUT2D eigenvalue weighted by Crippen LogP contribution is 2.49. The Balaban J connectivity index is 1.88. The predicted octanol–water partition coefficient (Wildman–Crippen LogP) is 4.95. The number of rotatable bonds is 7. The molecular formula is C28H31N3O7. The molecule has 1 heterocycles. The first-order chi connectivity index (χ1) is 18.0. The standard InChI is InChI=1S/C28H31N3O7/c1-6-38-22-12-16(11-20(26(22)33)31(35)36)24-23(27(34)30-17-7-9-18(37-5)10-8-17)15(2)29-19-13-28(3,4)14-21(32)25(19)24/h7-12,24,29,33H,6,13-14H2,1-5H3,(H,30,34). The maximum absolute atomic E-state index is 13.7. The maximum atomic E-state index is 13.7. The van der Waals surface area contributed by atoms with E-state index in [1.807, 2.05) is 13.8 Å². The molecule has 10 nitrogen and oxygen atoms in total. The molecule has 0 bridgehead atoms. The third-order valence-electron chi connectivity index (χ3n) is 6.74. The first-order valence-corrected chi connectivity index (χ1v) is 12.3. The number of nitrogens with one attached hydrogen (secondary N) is 2. The Kier molecular flexibility index (Phi) is 7.17. The number of ketones is 1. The molecular weight excluding hydrogens is 490 g/mol. The predicted molar refractivity (Wildman–Crippen MR) is 141 cm³/mol. The fourth-order valence-corrected chi connectivity index (χ4v) is 5.13. The highest BCUT2D eigenvalue weighted by molar-refractivity contribution is 6.10. The number of allylic oxidation sites excluding steroid dienone is 3. The van der Waals surface area contributed by atoms with Crippen molar-refractivity contribution in [3.8, 4) is 17.2 Å². The molecule has 2 aromatic rings. The van der Waals surface area contributed by atoms with Crippen molar-refractivity contribution >= 4 is 23.1 Å². The zero-order valence-electron chi connectivity index (χ0n) is 22.0. The number of nitro groups is 1. The van der Waals surface area contributed by atoms with Crippen molar-refractivity contribution < 1.29 is 29.1 Å². The van der Waals surface area contributed by atoms with Crippen molar-refractivity contribution in [3.05, 3.63) is 74.6 Å². The molecule has 0 aromatic heterocycles. The number of dihydropyridines is 1. The van der Waals surface area contributed by atoms with Crippen LogP contribution >= 0.6 is 0 Å². The fourth-order valence-electron chi connectivity index (χ4n) is 5.13. The lowest BCUT2D eigenvalue weighted by atomic mass is 9.68. The molecule has 38 heavy (non-hydrogen) atoms. The number of carbonyl (C=O) groups is 2. The Morgan fingerprint density at radius 2 is 1.92 bits per heavy atom. The number of methoxy groups -OCH3 is 1. The van der Waals surface area contributed by atoms with Gasteiger partial charge in [-0.2, -0.15) is 0 Å². The van der Waals surface area contributed by atoms with E-state index in [1.165, 1.54) is 12.1 Å². The minimum atomic E-state index is -0.911. The molecule has 0 fully saturated rings. The van der Waals surface area contributed by atoms with E-state index in [2.05, 4.69) is 10.6 Å². The molecule has 1 aliphatic heterocycles. The van der Waals surface area contributed by atoms with Crippen LogP contribution in [0.25, 0.3) is 0 Å². The maximum Gasteiger partial charge on any atom is 0.314 e. The van der Waals surface area contributed by atoms with Crippen LogP contribution in [0, 0.1) is 15.5 Å². The fraction of sp³-hybridized carbons (Fsp3) is 0.357. The number of benzene rings is 2. The van der Waals surface area contributed by atoms with Crippen LogP contribution in [0.4, 0.5) is 11.4 Å². The molecule has 1 atom stereocenters. The van der Waals surface area contributed by atoms with Crippen LogP contribution in [0.5, 0.6) is 17.2 Å². The summed E-state index contributed by atoms with van der Waals surface area (Å²) in [5.74, 6) is -1.60. The molecule has 0 radical (unpaired) electrons. The lowest BCUT2D eigenvalue weighted by molar-refractivity contribution is -0.386. The Labute approximate surface area is 220 Å². The van der Waals surface area contributed by atoms with Gasteiger partial charge in [-0.05, 0) is 61.6 Å². The van der Waals surface area contributed by atoms with Gasteiger partial charge >= 0.3 is 5.69 Å². The summed E-state index contributed by atoms with van der Waals surface area (Å²) in [6.07, 6.45) is 0.822. The number of carbonyl (C=O) groups excluding carboxylic acids is 2. The molecule has 200 valence electrons. The number of anilines is 1. The first kappa shape index (κ1) is 26.7. The molecule has 10 heteroatoms. The lowest BCUT2D eigenvalue weighted by Gasteiger charge is -2.39. The van der Waals surface area contributed by atoms with Gasteiger partial charge in [-0.25, -0.2) is 0 Å². The number of hydrogen-bond donors (Lipinski definition) is 3. The van der Waals surface area contributed by atoms with Crippen LogP contribution in [0.3, 0.4) is 0 Å². The van der Waals surface area contributed by atoms with Crippen LogP contribution < -0.4 is 20.1 Å². The largest absolute Gasteiger partial charge is 0.500 e. The average molecular weight is 522 g/mol. The second-order valence-electron chi connectivity index (χ2n) is 10.2. The number of nitro benzene ring substituents is 1. The summed E-state index contributed by atoms with van der Waals surface area (Å²) in [7, 11) is 1.54. The highest BCUT2D eigenvalue weighted by Gasteiger charge is 2.43. The molecule has 0 saturated heterocycles. The smallest absolute Gasteiger partial charge is 0.314 e. The molecule has 1 aliphatic carbocycles. The molecule has 2 aromatic carbocycles. The summed E-state index contributed by atoms with van der Waals surface area (Å²) in [6.45, 7) is 7.57. The molecule has 1 unspecified atom stereocenters. The summed E-state index contributed by atoms with van der Waals surface area (Å²) in [5.41, 5.74) is 1.79. The number of Topliss-reactive ketones (excluding diaryl/α,β-unsaturated/α-hetero) is 1. The Hall–Kier alpha value is -4.34. The number of aromatic hydroxyl groups is 1. The summed E-state index contributed by atoms with van der Waals surface area (Å²) in [6, 6.07) is 9.47. The summed E-state index contributed by atoms with van der Waals surface area (Å²) < 4.78 is 10.7. The van der Waals surface area contributed by atoms with Crippen molar-refractivity contribution in [2.75, 3.05) is 19.0 Å². The van der Waals surface area contributed by atoms with Crippen molar-refractivity contribution in [3.63, 3.8) is 0 Å². The van der Waals surface area contributed by atoms with Crippen LogP contribution in [0.2, 0.25) is 0 Å². The summed E-state index contributed by atoms with van der Waals surface area (Å²) in [5, 5.41) is 28.4. The molecule has 3 N–H and O–H groups in total. The van der Waals surface area contributed by atoms with E-state index >= 15 is 0 Å². The highest BCUT2D eigenvalue weighted by atomic mass is 16.6. The van der Waals surface area contributed by atoms with Crippen molar-refractivity contribution in [1.29, 1.82) is 0 Å². The SMILES string of the molecule is CCOc1cc(C2C(C(=O)Nc3ccc(OC)cc3)=C(C)NC3=C2C(=O)CC(C)(C)C3)cc([N+](=O)[O-])c1O. The van der Waals surface area contributed by atoms with E-state index in [1.54, 1.807) is 45.2 Å². The Morgan fingerprint density at radius 1 is 1.24 bits per heavy atom. The van der Waals surface area contributed by atoms with Crippen molar-refractivity contribution in [2.45, 2.75) is 46.5 Å².